The van der Waals surface area contributed by atoms with Crippen molar-refractivity contribution in [3.8, 4) is 0 Å². The van der Waals surface area contributed by atoms with Crippen LogP contribution >= 0.6 is 22.6 Å². The summed E-state index contributed by atoms with van der Waals surface area (Å²) in [5.74, 6) is 0. The molecule has 11 heavy (non-hydrogen) atoms. The molecule has 0 fully saturated rings. The van der Waals surface area contributed by atoms with Crippen LogP contribution in [0, 0.1) is 0 Å². The minimum absolute atomic E-state index is 0.816. The Morgan fingerprint density at radius 3 is 3.09 bits per heavy atom. The number of hydrogen-bond acceptors (Lipinski definition) is 3. The molecule has 1 N–H and O–H groups in total. The first kappa shape index (κ1) is 8.92. The maximum absolute atomic E-state index is 4.12. The maximum Gasteiger partial charge on any atom is 0.0964 e. The van der Waals surface area contributed by atoms with Gasteiger partial charge < -0.3 is 5.32 Å². The Hall–Kier alpha value is -0.170. The number of aryl methyl sites for hydroxylation is 1. The van der Waals surface area contributed by atoms with E-state index in [1.807, 2.05) is 7.05 Å². The molecule has 0 aliphatic heterocycles. The molecule has 1 aromatic heterocycles. The van der Waals surface area contributed by atoms with Crippen LogP contribution < -0.4 is 5.32 Å². The Morgan fingerprint density at radius 2 is 2.55 bits per heavy atom. The molecule has 62 valence electrons. The van der Waals surface area contributed by atoms with Crippen LogP contribution in [-0.2, 0) is 13.6 Å². The van der Waals surface area contributed by atoms with E-state index < -0.39 is 0 Å². The van der Waals surface area contributed by atoms with Crippen molar-refractivity contribution >= 4 is 22.6 Å². The molecule has 0 aromatic carbocycles. The van der Waals surface area contributed by atoms with Crippen molar-refractivity contribution in [2.24, 2.45) is 7.05 Å². The van der Waals surface area contributed by atoms with Gasteiger partial charge in [0.1, 0.15) is 0 Å². The number of aromatic nitrogens is 3. The summed E-state index contributed by atoms with van der Waals surface area (Å²) in [4.78, 5) is 1.57. The summed E-state index contributed by atoms with van der Waals surface area (Å²) in [6.07, 6.45) is 1.78. The Bertz CT molecular complexity index is 210. The van der Waals surface area contributed by atoms with Crippen molar-refractivity contribution < 1.29 is 0 Å². The number of nitrogens with one attached hydrogen (secondary N) is 1. The van der Waals surface area contributed by atoms with Crippen molar-refractivity contribution in [2.45, 2.75) is 6.54 Å². The van der Waals surface area contributed by atoms with E-state index in [0.29, 0.717) is 0 Å². The lowest BCUT2D eigenvalue weighted by Gasteiger charge is -1.96. The number of nitrogens with zero attached hydrogens (tertiary/aromatic N) is 3. The summed E-state index contributed by atoms with van der Waals surface area (Å²) in [7, 11) is 1.82. The van der Waals surface area contributed by atoms with Gasteiger partial charge in [-0.15, -0.1) is 0 Å². The second-order valence-corrected chi connectivity index (χ2v) is 3.27. The second-order valence-electron chi connectivity index (χ2n) is 2.19. The minimum atomic E-state index is 0.816. The minimum Gasteiger partial charge on any atom is -0.310 e. The van der Waals surface area contributed by atoms with Crippen LogP contribution in [-0.4, -0.2) is 26.0 Å². The third kappa shape index (κ3) is 3.15. The zero-order chi connectivity index (χ0) is 8.10. The zero-order valence-electron chi connectivity index (χ0n) is 6.42. The highest BCUT2D eigenvalue weighted by Crippen LogP contribution is 1.88. The fourth-order valence-electron chi connectivity index (χ4n) is 0.752. The van der Waals surface area contributed by atoms with Gasteiger partial charge in [-0.2, -0.15) is 15.0 Å². The molecule has 0 bridgehead atoms. The zero-order valence-corrected chi connectivity index (χ0v) is 8.58. The Labute approximate surface area is 79.5 Å². The number of hydrogen-bond donors (Lipinski definition) is 1. The quantitative estimate of drug-likeness (QED) is 0.485. The van der Waals surface area contributed by atoms with Gasteiger partial charge in [0.15, 0.2) is 0 Å². The molecule has 0 aliphatic carbocycles. The van der Waals surface area contributed by atoms with Crippen LogP contribution in [0.25, 0.3) is 0 Å². The van der Waals surface area contributed by atoms with Gasteiger partial charge in [-0.25, -0.2) is 0 Å². The van der Waals surface area contributed by atoms with Crippen LogP contribution in [0.5, 0.6) is 0 Å². The highest BCUT2D eigenvalue weighted by atomic mass is 127. The van der Waals surface area contributed by atoms with E-state index in [9.17, 15) is 0 Å². The molecule has 5 heteroatoms. The molecule has 0 amide bonds. The van der Waals surface area contributed by atoms with E-state index in [1.54, 1.807) is 11.0 Å². The number of rotatable bonds is 4. The Kier molecular flexibility index (Phi) is 3.78. The molecule has 0 atom stereocenters. The molecule has 0 unspecified atom stereocenters. The molecule has 0 spiro atoms. The van der Waals surface area contributed by atoms with Crippen molar-refractivity contribution in [1.82, 2.24) is 20.3 Å². The number of halogens is 1. The summed E-state index contributed by atoms with van der Waals surface area (Å²) in [5, 5.41) is 11.3. The topological polar surface area (TPSA) is 42.7 Å². The highest BCUT2D eigenvalue weighted by Gasteiger charge is 1.95. The fourth-order valence-corrected chi connectivity index (χ4v) is 1.13. The largest absolute Gasteiger partial charge is 0.310 e. The van der Waals surface area contributed by atoms with Crippen molar-refractivity contribution in [3.63, 3.8) is 0 Å². The maximum atomic E-state index is 4.12. The molecule has 4 nitrogen and oxygen atoms in total. The molecule has 0 radical (unpaired) electrons. The summed E-state index contributed by atoms with van der Waals surface area (Å²) >= 11 is 2.33. The van der Waals surface area contributed by atoms with E-state index in [-0.39, 0.29) is 0 Å². The summed E-state index contributed by atoms with van der Waals surface area (Å²) in [5.41, 5.74) is 0.998. The predicted octanol–water partition coefficient (Wildman–Crippen LogP) is 0.340. The van der Waals surface area contributed by atoms with Gasteiger partial charge in [-0.05, 0) is 0 Å². The summed E-state index contributed by atoms with van der Waals surface area (Å²) in [6, 6.07) is 0. The molecule has 1 heterocycles. The summed E-state index contributed by atoms with van der Waals surface area (Å²) < 4.78 is 1.12. The predicted molar refractivity (Wildman–Crippen MR) is 51.6 cm³/mol. The van der Waals surface area contributed by atoms with Crippen LogP contribution in [0.3, 0.4) is 0 Å². The van der Waals surface area contributed by atoms with Gasteiger partial charge in [-0.1, -0.05) is 22.6 Å². The summed E-state index contributed by atoms with van der Waals surface area (Å²) in [6.45, 7) is 1.84. The fraction of sp³-hybridized carbons (Fsp3) is 0.667. The average Bonchev–Trinajstić information content (AvgIpc) is 2.37. The highest BCUT2D eigenvalue weighted by molar-refractivity contribution is 14.1. The van der Waals surface area contributed by atoms with Gasteiger partial charge in [0.25, 0.3) is 0 Å². The standard InChI is InChI=1S/C6H11IN4/c1-11-9-5-6(10-11)4-8-3-2-7/h5,8H,2-4H2,1H3. The van der Waals surface area contributed by atoms with Crippen LogP contribution in [0.4, 0.5) is 0 Å². The van der Waals surface area contributed by atoms with Crippen molar-refractivity contribution in [3.05, 3.63) is 11.9 Å². The van der Waals surface area contributed by atoms with Crippen LogP contribution in [0.15, 0.2) is 6.20 Å². The SMILES string of the molecule is Cn1ncc(CNCCI)n1. The van der Waals surface area contributed by atoms with Gasteiger partial charge in [0.2, 0.25) is 0 Å². The second kappa shape index (κ2) is 4.66. The van der Waals surface area contributed by atoms with Gasteiger partial charge in [0.05, 0.1) is 11.9 Å². The lowest BCUT2D eigenvalue weighted by Crippen LogP contribution is -2.15. The lowest BCUT2D eigenvalue weighted by molar-refractivity contribution is 0.631. The molecule has 0 saturated carbocycles. The first-order valence-electron chi connectivity index (χ1n) is 3.45. The van der Waals surface area contributed by atoms with E-state index in [0.717, 1.165) is 23.2 Å². The van der Waals surface area contributed by atoms with E-state index >= 15 is 0 Å². The number of alkyl halides is 1. The first-order chi connectivity index (χ1) is 5.33. The van der Waals surface area contributed by atoms with Gasteiger partial charge in [0, 0.05) is 24.6 Å². The van der Waals surface area contributed by atoms with Crippen LogP contribution in [0.2, 0.25) is 0 Å². The molecular weight excluding hydrogens is 255 g/mol. The molecule has 0 saturated heterocycles. The monoisotopic (exact) mass is 266 g/mol. The van der Waals surface area contributed by atoms with E-state index in [1.165, 1.54) is 0 Å². The van der Waals surface area contributed by atoms with Crippen molar-refractivity contribution in [2.75, 3.05) is 11.0 Å². The molecule has 1 rings (SSSR count). The Morgan fingerprint density at radius 1 is 1.73 bits per heavy atom. The van der Waals surface area contributed by atoms with E-state index in [4.69, 9.17) is 0 Å². The van der Waals surface area contributed by atoms with Gasteiger partial charge in [-0.3, -0.25) is 0 Å². The normalized spacial score (nSPS) is 10.4. The molecule has 1 aromatic rings. The molecular formula is C6H11IN4. The lowest BCUT2D eigenvalue weighted by atomic mass is 10.5. The Balaban J connectivity index is 2.27. The van der Waals surface area contributed by atoms with E-state index in [2.05, 4.69) is 38.1 Å². The smallest absolute Gasteiger partial charge is 0.0964 e. The molecule has 0 aliphatic rings. The van der Waals surface area contributed by atoms with Crippen molar-refractivity contribution in [1.29, 1.82) is 0 Å². The van der Waals surface area contributed by atoms with Crippen LogP contribution in [0.1, 0.15) is 5.69 Å². The third-order valence-corrected chi connectivity index (χ3v) is 1.76. The van der Waals surface area contributed by atoms with Gasteiger partial charge >= 0.3 is 0 Å². The first-order valence-corrected chi connectivity index (χ1v) is 4.97. The average molecular weight is 266 g/mol. The third-order valence-electron chi connectivity index (χ3n) is 1.22.